The molecule has 7 heteroatoms. The predicted molar refractivity (Wildman–Crippen MR) is 120 cm³/mol. The van der Waals surface area contributed by atoms with Gasteiger partial charge in [0.05, 0.1) is 5.52 Å². The lowest BCUT2D eigenvalue weighted by molar-refractivity contribution is 0.305. The molecule has 4 nitrogen and oxygen atoms in total. The highest BCUT2D eigenvalue weighted by Crippen LogP contribution is 2.26. The van der Waals surface area contributed by atoms with E-state index < -0.39 is 0 Å². The molecule has 1 aromatic heterocycles. The molecule has 0 radical (unpaired) electrons. The third kappa shape index (κ3) is 4.88. The van der Waals surface area contributed by atoms with Crippen molar-refractivity contribution in [3.63, 3.8) is 0 Å². The second-order valence-corrected chi connectivity index (χ2v) is 7.20. The first-order valence-electron chi connectivity index (χ1n) is 8.32. The Kier molecular flexibility index (Phi) is 6.64. The molecule has 0 aliphatic rings. The van der Waals surface area contributed by atoms with E-state index in [0.717, 1.165) is 31.5 Å². The molecule has 142 valence electrons. The minimum atomic E-state index is -0.262. The van der Waals surface area contributed by atoms with E-state index in [1.807, 2.05) is 42.5 Å². The van der Waals surface area contributed by atoms with Crippen LogP contribution in [-0.4, -0.2) is 9.97 Å². The summed E-state index contributed by atoms with van der Waals surface area (Å²) in [6, 6.07) is 20.0. The number of ether oxygens (including phenoxy) is 1. The van der Waals surface area contributed by atoms with E-state index >= 15 is 0 Å². The monoisotopic (exact) mass is 507 g/mol. The summed E-state index contributed by atoms with van der Waals surface area (Å²) < 4.78 is 20.1. The Bertz CT molecular complexity index is 1090. The van der Waals surface area contributed by atoms with Crippen molar-refractivity contribution in [2.75, 3.05) is 5.32 Å². The van der Waals surface area contributed by atoms with E-state index in [1.165, 1.54) is 12.1 Å². The van der Waals surface area contributed by atoms with Gasteiger partial charge in [-0.05, 0) is 82.8 Å². The predicted octanol–water partition coefficient (Wildman–Crippen LogP) is 6.12. The first-order valence-corrected chi connectivity index (χ1v) is 9.40. The summed E-state index contributed by atoms with van der Waals surface area (Å²) >= 11 is 2.27. The van der Waals surface area contributed by atoms with Crippen molar-refractivity contribution in [1.29, 1.82) is 0 Å². The molecule has 0 saturated heterocycles. The summed E-state index contributed by atoms with van der Waals surface area (Å²) in [5.74, 6) is 1.21. The van der Waals surface area contributed by atoms with Gasteiger partial charge < -0.3 is 10.1 Å². The van der Waals surface area contributed by atoms with Crippen molar-refractivity contribution >= 4 is 57.4 Å². The molecule has 28 heavy (non-hydrogen) atoms. The second-order valence-electron chi connectivity index (χ2n) is 5.95. The molecule has 0 aliphatic carbocycles. The van der Waals surface area contributed by atoms with Gasteiger partial charge >= 0.3 is 0 Å². The van der Waals surface area contributed by atoms with E-state index in [0.29, 0.717) is 12.4 Å². The molecule has 3 aromatic carbocycles. The van der Waals surface area contributed by atoms with Crippen LogP contribution in [-0.2, 0) is 6.61 Å². The molecule has 4 aromatic rings. The van der Waals surface area contributed by atoms with Crippen LogP contribution in [0.25, 0.3) is 10.9 Å². The van der Waals surface area contributed by atoms with Gasteiger partial charge in [-0.25, -0.2) is 14.4 Å². The maximum absolute atomic E-state index is 13.2. The first-order chi connectivity index (χ1) is 13.2. The van der Waals surface area contributed by atoms with E-state index in [-0.39, 0.29) is 18.2 Å². The maximum atomic E-state index is 13.2. The number of nitrogens with zero attached hydrogens (tertiary/aromatic N) is 2. The number of fused-ring (bicyclic) bond motifs is 1. The zero-order chi connectivity index (χ0) is 18.6. The van der Waals surface area contributed by atoms with Crippen molar-refractivity contribution in [3.05, 3.63) is 88.0 Å². The third-order valence-electron chi connectivity index (χ3n) is 4.01. The molecule has 0 spiro atoms. The number of nitrogens with one attached hydrogen (secondary N) is 1. The van der Waals surface area contributed by atoms with Crippen LogP contribution in [0.3, 0.4) is 0 Å². The Morgan fingerprint density at radius 3 is 2.57 bits per heavy atom. The first kappa shape index (κ1) is 20.3. The molecule has 0 atom stereocenters. The normalized spacial score (nSPS) is 10.4. The minimum Gasteiger partial charge on any atom is -0.489 e. The largest absolute Gasteiger partial charge is 0.489 e. The molecule has 0 amide bonds. The lowest BCUT2D eigenvalue weighted by atomic mass is 10.2. The highest BCUT2D eigenvalue weighted by Gasteiger charge is 2.05. The van der Waals surface area contributed by atoms with Gasteiger partial charge in [0.25, 0.3) is 0 Å². The van der Waals surface area contributed by atoms with Crippen molar-refractivity contribution < 1.29 is 9.13 Å². The smallest absolute Gasteiger partial charge is 0.141 e. The van der Waals surface area contributed by atoms with Crippen LogP contribution in [0.2, 0.25) is 0 Å². The fourth-order valence-electron chi connectivity index (χ4n) is 2.69. The topological polar surface area (TPSA) is 47.0 Å². The van der Waals surface area contributed by atoms with Crippen LogP contribution in [0.1, 0.15) is 5.56 Å². The van der Waals surface area contributed by atoms with Crippen molar-refractivity contribution in [3.8, 4) is 5.75 Å². The van der Waals surface area contributed by atoms with Gasteiger partial charge in [-0.1, -0.05) is 12.1 Å². The molecular weight excluding hydrogens is 492 g/mol. The lowest BCUT2D eigenvalue weighted by Crippen LogP contribution is -1.98. The van der Waals surface area contributed by atoms with E-state index in [4.69, 9.17) is 4.74 Å². The van der Waals surface area contributed by atoms with Gasteiger partial charge in [-0.3, -0.25) is 0 Å². The average Bonchev–Trinajstić information content (AvgIpc) is 2.68. The van der Waals surface area contributed by atoms with Gasteiger partial charge in [-0.2, -0.15) is 0 Å². The van der Waals surface area contributed by atoms with Crippen LogP contribution in [0.5, 0.6) is 5.75 Å². The summed E-state index contributed by atoms with van der Waals surface area (Å²) in [7, 11) is 0. The SMILES string of the molecule is Cl.Fc1cccc(COc2ccc(Nc3ncnc4ccc(I)cc34)cc2)c1. The van der Waals surface area contributed by atoms with Gasteiger partial charge in [0.15, 0.2) is 0 Å². The molecule has 0 aliphatic heterocycles. The quantitative estimate of drug-likeness (QED) is 0.331. The maximum Gasteiger partial charge on any atom is 0.141 e. The highest BCUT2D eigenvalue weighted by atomic mass is 127. The summed E-state index contributed by atoms with van der Waals surface area (Å²) in [6.45, 7) is 0.319. The summed E-state index contributed by atoms with van der Waals surface area (Å²) in [5.41, 5.74) is 2.58. The average molecular weight is 508 g/mol. The summed E-state index contributed by atoms with van der Waals surface area (Å²) in [6.07, 6.45) is 1.55. The summed E-state index contributed by atoms with van der Waals surface area (Å²) in [5, 5.41) is 4.29. The van der Waals surface area contributed by atoms with Gasteiger partial charge in [-0.15, -0.1) is 12.4 Å². The minimum absolute atomic E-state index is 0. The van der Waals surface area contributed by atoms with E-state index in [9.17, 15) is 4.39 Å². The van der Waals surface area contributed by atoms with Crippen molar-refractivity contribution in [2.45, 2.75) is 6.61 Å². The Hall–Kier alpha value is -2.45. The fraction of sp³-hybridized carbons (Fsp3) is 0.0476. The van der Waals surface area contributed by atoms with Gasteiger partial charge in [0.2, 0.25) is 0 Å². The van der Waals surface area contributed by atoms with Crippen LogP contribution >= 0.6 is 35.0 Å². The number of benzene rings is 3. The van der Waals surface area contributed by atoms with Crippen LogP contribution in [0.15, 0.2) is 73.1 Å². The zero-order valence-corrected chi connectivity index (χ0v) is 17.6. The number of hydrogen-bond donors (Lipinski definition) is 1. The van der Waals surface area contributed by atoms with Crippen LogP contribution < -0.4 is 10.1 Å². The lowest BCUT2D eigenvalue weighted by Gasteiger charge is -2.10. The number of aromatic nitrogens is 2. The number of halogens is 3. The number of rotatable bonds is 5. The Morgan fingerprint density at radius 1 is 0.964 bits per heavy atom. The fourth-order valence-corrected chi connectivity index (χ4v) is 3.18. The van der Waals surface area contributed by atoms with Crippen LogP contribution in [0.4, 0.5) is 15.9 Å². The zero-order valence-electron chi connectivity index (χ0n) is 14.6. The van der Waals surface area contributed by atoms with Gasteiger partial charge in [0.1, 0.15) is 30.3 Å². The molecule has 1 N–H and O–H groups in total. The molecule has 0 unspecified atom stereocenters. The Balaban J connectivity index is 0.00000225. The standard InChI is InChI=1S/C21H15FIN3O.ClH/c22-15-3-1-2-14(10-15)12-27-18-7-5-17(6-8-18)26-21-19-11-16(23)4-9-20(19)24-13-25-21;/h1-11,13H,12H2,(H,24,25,26);1H. The molecule has 0 fully saturated rings. The highest BCUT2D eigenvalue weighted by molar-refractivity contribution is 14.1. The Labute approximate surface area is 181 Å². The van der Waals surface area contributed by atoms with Gasteiger partial charge in [0, 0.05) is 14.6 Å². The van der Waals surface area contributed by atoms with E-state index in [1.54, 1.807) is 12.4 Å². The van der Waals surface area contributed by atoms with E-state index in [2.05, 4.69) is 43.9 Å². The molecule has 0 saturated carbocycles. The van der Waals surface area contributed by atoms with Crippen LogP contribution in [0, 0.1) is 9.39 Å². The molecule has 0 bridgehead atoms. The number of hydrogen-bond acceptors (Lipinski definition) is 4. The Morgan fingerprint density at radius 2 is 1.79 bits per heavy atom. The summed E-state index contributed by atoms with van der Waals surface area (Å²) in [4.78, 5) is 8.65. The number of anilines is 2. The van der Waals surface area contributed by atoms with Crippen molar-refractivity contribution in [1.82, 2.24) is 9.97 Å². The molecule has 4 rings (SSSR count). The molecule has 1 heterocycles. The third-order valence-corrected chi connectivity index (χ3v) is 4.68. The second kappa shape index (κ2) is 9.16. The van der Waals surface area contributed by atoms with Crippen molar-refractivity contribution in [2.24, 2.45) is 0 Å². The molecular formula is C21H16ClFIN3O.